The molecule has 0 aromatic heterocycles. The van der Waals surface area contributed by atoms with E-state index in [1.54, 1.807) is 23.8 Å². The Morgan fingerprint density at radius 1 is 0.946 bits per heavy atom. The van der Waals surface area contributed by atoms with Crippen LogP contribution in [0.25, 0.3) is 0 Å². The van der Waals surface area contributed by atoms with Crippen LogP contribution >= 0.6 is 11.8 Å². The first-order valence-corrected chi connectivity index (χ1v) is 13.9. The van der Waals surface area contributed by atoms with Crippen molar-refractivity contribution in [3.8, 4) is 5.75 Å². The maximum Gasteiger partial charge on any atom is 0.243 e. The van der Waals surface area contributed by atoms with E-state index in [1.165, 1.54) is 0 Å². The Kier molecular flexibility index (Phi) is 11.1. The van der Waals surface area contributed by atoms with Gasteiger partial charge < -0.3 is 15.0 Å². The monoisotopic (exact) mass is 518 g/mol. The van der Waals surface area contributed by atoms with Gasteiger partial charge in [0.15, 0.2) is 0 Å². The molecular formula is C31H38N2O3S. The van der Waals surface area contributed by atoms with Crippen LogP contribution in [0, 0.1) is 6.92 Å². The van der Waals surface area contributed by atoms with Crippen molar-refractivity contribution >= 4 is 23.6 Å². The Bertz CT molecular complexity index is 1130. The highest BCUT2D eigenvalue weighted by atomic mass is 32.2. The third-order valence-corrected chi connectivity index (χ3v) is 7.35. The van der Waals surface area contributed by atoms with Crippen LogP contribution in [0.5, 0.6) is 5.75 Å². The Hall–Kier alpha value is -3.25. The van der Waals surface area contributed by atoms with Crippen molar-refractivity contribution in [1.82, 2.24) is 10.2 Å². The fourth-order valence-corrected chi connectivity index (χ4v) is 4.93. The second-order valence-corrected chi connectivity index (χ2v) is 10.4. The maximum absolute atomic E-state index is 13.7. The number of nitrogens with zero attached hydrogens (tertiary/aromatic N) is 1. The number of carbonyl (C=O) groups is 2. The molecule has 0 fully saturated rings. The van der Waals surface area contributed by atoms with Gasteiger partial charge in [-0.25, -0.2) is 0 Å². The molecule has 0 saturated carbocycles. The molecule has 1 N–H and O–H groups in total. The molecule has 196 valence electrons. The Balaban J connectivity index is 1.83. The molecule has 0 aliphatic carbocycles. The lowest BCUT2D eigenvalue weighted by atomic mass is 10.0. The predicted molar refractivity (Wildman–Crippen MR) is 153 cm³/mol. The van der Waals surface area contributed by atoms with E-state index in [4.69, 9.17) is 4.74 Å². The van der Waals surface area contributed by atoms with Gasteiger partial charge in [0.1, 0.15) is 11.8 Å². The molecule has 5 nitrogen and oxygen atoms in total. The number of methoxy groups -OCH3 is 1. The number of ether oxygens (including phenoxy) is 1. The number of amides is 2. The van der Waals surface area contributed by atoms with Crippen molar-refractivity contribution in [1.29, 1.82) is 0 Å². The molecule has 0 spiro atoms. The summed E-state index contributed by atoms with van der Waals surface area (Å²) in [7, 11) is 1.65. The summed E-state index contributed by atoms with van der Waals surface area (Å²) in [4.78, 5) is 29.0. The van der Waals surface area contributed by atoms with Gasteiger partial charge in [0.25, 0.3) is 0 Å². The van der Waals surface area contributed by atoms with Crippen molar-refractivity contribution in [2.45, 2.75) is 58.0 Å². The topological polar surface area (TPSA) is 58.6 Å². The number of rotatable bonds is 13. The molecule has 0 aliphatic heterocycles. The molecule has 0 radical (unpaired) electrons. The van der Waals surface area contributed by atoms with Crippen LogP contribution in [-0.2, 0) is 28.3 Å². The summed E-state index contributed by atoms with van der Waals surface area (Å²) < 4.78 is 5.24. The van der Waals surface area contributed by atoms with Crippen molar-refractivity contribution in [2.75, 3.05) is 12.9 Å². The van der Waals surface area contributed by atoms with E-state index >= 15 is 0 Å². The van der Waals surface area contributed by atoms with Gasteiger partial charge in [0.05, 0.1) is 12.9 Å². The Labute approximate surface area is 225 Å². The lowest BCUT2D eigenvalue weighted by Gasteiger charge is -2.32. The first-order chi connectivity index (χ1) is 17.9. The molecular weight excluding hydrogens is 480 g/mol. The molecule has 2 amide bonds. The van der Waals surface area contributed by atoms with Crippen LogP contribution in [0.1, 0.15) is 42.5 Å². The summed E-state index contributed by atoms with van der Waals surface area (Å²) in [6.45, 7) is 6.46. The van der Waals surface area contributed by atoms with E-state index in [2.05, 4.69) is 11.4 Å². The minimum absolute atomic E-state index is 0.0335. The van der Waals surface area contributed by atoms with Crippen LogP contribution in [0.2, 0.25) is 0 Å². The van der Waals surface area contributed by atoms with E-state index in [9.17, 15) is 9.59 Å². The van der Waals surface area contributed by atoms with Gasteiger partial charge in [-0.05, 0) is 49.1 Å². The summed E-state index contributed by atoms with van der Waals surface area (Å²) in [5, 5.41) is 3.12. The van der Waals surface area contributed by atoms with Gasteiger partial charge in [-0.2, -0.15) is 0 Å². The molecule has 3 rings (SSSR count). The van der Waals surface area contributed by atoms with E-state index in [-0.39, 0.29) is 17.9 Å². The van der Waals surface area contributed by atoms with E-state index in [0.29, 0.717) is 24.5 Å². The smallest absolute Gasteiger partial charge is 0.243 e. The average molecular weight is 519 g/mol. The highest BCUT2D eigenvalue weighted by Gasteiger charge is 2.30. The minimum Gasteiger partial charge on any atom is -0.497 e. The van der Waals surface area contributed by atoms with Gasteiger partial charge in [0, 0.05) is 24.8 Å². The SMILES string of the molecule is CC[C@@H](C)NC(=O)[C@H](Cc1ccccc1)N(Cc1cccc(C)c1)C(=O)CSCc1ccc(OC)cc1. The summed E-state index contributed by atoms with van der Waals surface area (Å²) >= 11 is 1.56. The Morgan fingerprint density at radius 2 is 1.65 bits per heavy atom. The van der Waals surface area contributed by atoms with Gasteiger partial charge in [-0.15, -0.1) is 11.8 Å². The predicted octanol–water partition coefficient (Wildman–Crippen LogP) is 5.79. The summed E-state index contributed by atoms with van der Waals surface area (Å²) in [6, 6.07) is 25.4. The number of thioether (sulfide) groups is 1. The molecule has 6 heteroatoms. The van der Waals surface area contributed by atoms with Crippen molar-refractivity contribution < 1.29 is 14.3 Å². The number of benzene rings is 3. The molecule has 0 bridgehead atoms. The lowest BCUT2D eigenvalue weighted by Crippen LogP contribution is -2.52. The van der Waals surface area contributed by atoms with Crippen molar-refractivity contribution in [3.05, 3.63) is 101 Å². The number of nitrogens with one attached hydrogen (secondary N) is 1. The average Bonchev–Trinajstić information content (AvgIpc) is 2.91. The number of hydrogen-bond acceptors (Lipinski definition) is 4. The van der Waals surface area contributed by atoms with Gasteiger partial charge in [-0.1, -0.05) is 79.2 Å². The Morgan fingerprint density at radius 3 is 2.30 bits per heavy atom. The number of aryl methyl sites for hydroxylation is 1. The second kappa shape index (κ2) is 14.5. The summed E-state index contributed by atoms with van der Waals surface area (Å²) in [5.41, 5.74) is 4.30. The molecule has 2 atom stereocenters. The highest BCUT2D eigenvalue weighted by molar-refractivity contribution is 7.99. The van der Waals surface area contributed by atoms with E-state index < -0.39 is 6.04 Å². The third-order valence-electron chi connectivity index (χ3n) is 6.36. The highest BCUT2D eigenvalue weighted by Crippen LogP contribution is 2.20. The number of hydrogen-bond donors (Lipinski definition) is 1. The maximum atomic E-state index is 13.7. The van der Waals surface area contributed by atoms with Crippen LogP contribution in [-0.4, -0.2) is 41.7 Å². The molecule has 0 heterocycles. The quantitative estimate of drug-likeness (QED) is 0.311. The van der Waals surface area contributed by atoms with Gasteiger partial charge >= 0.3 is 0 Å². The molecule has 3 aromatic rings. The van der Waals surface area contributed by atoms with E-state index in [0.717, 1.165) is 34.4 Å². The summed E-state index contributed by atoms with van der Waals surface area (Å²) in [6.07, 6.45) is 1.29. The van der Waals surface area contributed by atoms with Crippen LogP contribution in [0.3, 0.4) is 0 Å². The zero-order chi connectivity index (χ0) is 26.6. The first-order valence-electron chi connectivity index (χ1n) is 12.8. The van der Waals surface area contributed by atoms with Crippen LogP contribution in [0.15, 0.2) is 78.9 Å². The van der Waals surface area contributed by atoms with Crippen LogP contribution < -0.4 is 10.1 Å². The number of carbonyl (C=O) groups excluding carboxylic acids is 2. The van der Waals surface area contributed by atoms with Crippen molar-refractivity contribution in [3.63, 3.8) is 0 Å². The van der Waals surface area contributed by atoms with Crippen molar-refractivity contribution in [2.24, 2.45) is 0 Å². The molecule has 0 aliphatic rings. The zero-order valence-corrected chi connectivity index (χ0v) is 23.1. The molecule has 0 unspecified atom stereocenters. The largest absolute Gasteiger partial charge is 0.497 e. The van der Waals surface area contributed by atoms with Crippen LogP contribution in [0.4, 0.5) is 0 Å². The van der Waals surface area contributed by atoms with Gasteiger partial charge in [-0.3, -0.25) is 9.59 Å². The van der Waals surface area contributed by atoms with E-state index in [1.807, 2.05) is 93.6 Å². The third kappa shape index (κ3) is 8.97. The standard InChI is InChI=1S/C31H38N2O3S/c1-5-24(3)32-31(35)29(19-25-11-7-6-8-12-25)33(20-27-13-9-10-23(2)18-27)30(34)22-37-21-26-14-16-28(36-4)17-15-26/h6-18,24,29H,5,19-22H2,1-4H3,(H,32,35)/t24-,29+/m1/s1. The normalized spacial score (nSPS) is 12.4. The lowest BCUT2D eigenvalue weighted by molar-refractivity contribution is -0.139. The summed E-state index contributed by atoms with van der Waals surface area (Å²) in [5.74, 6) is 1.65. The molecule has 37 heavy (non-hydrogen) atoms. The zero-order valence-electron chi connectivity index (χ0n) is 22.3. The van der Waals surface area contributed by atoms with Gasteiger partial charge in [0.2, 0.25) is 11.8 Å². The fourth-order valence-electron chi connectivity index (χ4n) is 4.06. The first kappa shape index (κ1) is 28.3. The molecule has 0 saturated heterocycles. The molecule has 3 aromatic carbocycles. The minimum atomic E-state index is -0.606. The second-order valence-electron chi connectivity index (χ2n) is 9.37. The fraction of sp³-hybridized carbons (Fsp3) is 0.355.